The lowest BCUT2D eigenvalue weighted by atomic mass is 10.4. The van der Waals surface area contributed by atoms with E-state index in [2.05, 4.69) is 6.08 Å². The van der Waals surface area contributed by atoms with Crippen molar-refractivity contribution in [3.63, 3.8) is 0 Å². The third kappa shape index (κ3) is 3.70. The summed E-state index contributed by atoms with van der Waals surface area (Å²) in [7, 11) is 0. The second-order valence-corrected chi connectivity index (χ2v) is 0.975. The van der Waals surface area contributed by atoms with Crippen LogP contribution in [-0.2, 0) is 0 Å². The van der Waals surface area contributed by atoms with E-state index in [-0.39, 0.29) is 6.61 Å². The van der Waals surface area contributed by atoms with Crippen LogP contribution in [0.4, 0.5) is 0 Å². The van der Waals surface area contributed by atoms with Crippen molar-refractivity contribution < 1.29 is 5.11 Å². The van der Waals surface area contributed by atoms with Crippen molar-refractivity contribution in [1.82, 2.24) is 0 Å². The number of aliphatic hydroxyl groups excluding tert-OH is 1. The van der Waals surface area contributed by atoms with Crippen LogP contribution in [-0.4, -0.2) is 11.7 Å². The minimum Gasteiger partial charge on any atom is -0.392 e. The fourth-order valence-corrected chi connectivity index (χ4v) is 0.209. The summed E-state index contributed by atoms with van der Waals surface area (Å²) in [5.41, 5.74) is 0. The Kier molecular flexibility index (Phi) is 4.46. The maximum absolute atomic E-state index is 8.06. The predicted octanol–water partition coefficient (Wildman–Crippen LogP) is 0.748. The molecule has 1 heteroatoms. The first-order valence-electron chi connectivity index (χ1n) is 2.07. The molecule has 6 heavy (non-hydrogen) atoms. The van der Waals surface area contributed by atoms with Crippen LogP contribution in [0.2, 0.25) is 0 Å². The summed E-state index contributed by atoms with van der Waals surface area (Å²) in [5.74, 6) is 0. The second-order valence-electron chi connectivity index (χ2n) is 0.975. The fourth-order valence-electron chi connectivity index (χ4n) is 0.209. The maximum atomic E-state index is 8.06. The average molecular weight is 85.1 g/mol. The molecule has 0 saturated heterocycles. The normalized spacial score (nSPS) is 10.3. The van der Waals surface area contributed by atoms with Crippen LogP contribution < -0.4 is 0 Å². The molecule has 0 unspecified atom stereocenters. The van der Waals surface area contributed by atoms with E-state index in [1.165, 1.54) is 0 Å². The van der Waals surface area contributed by atoms with Crippen LogP contribution in [0.1, 0.15) is 13.3 Å². The highest BCUT2D eigenvalue weighted by Gasteiger charge is 1.61. The Morgan fingerprint density at radius 3 is 2.67 bits per heavy atom. The Morgan fingerprint density at radius 1 is 1.83 bits per heavy atom. The van der Waals surface area contributed by atoms with Crippen molar-refractivity contribution in [2.24, 2.45) is 0 Å². The molecule has 0 heterocycles. The van der Waals surface area contributed by atoms with Crippen molar-refractivity contribution in [2.45, 2.75) is 13.3 Å². The molecule has 0 bridgehead atoms. The number of rotatable bonds is 2. The molecule has 0 atom stereocenters. The van der Waals surface area contributed by atoms with Crippen molar-refractivity contribution in [3.05, 3.63) is 12.2 Å². The molecule has 0 aliphatic carbocycles. The molecule has 1 radical (unpaired) electrons. The summed E-state index contributed by atoms with van der Waals surface area (Å²) >= 11 is 0. The quantitative estimate of drug-likeness (QED) is 0.524. The van der Waals surface area contributed by atoms with Crippen LogP contribution in [0.3, 0.4) is 0 Å². The van der Waals surface area contributed by atoms with Gasteiger partial charge in [0, 0.05) is 0 Å². The smallest absolute Gasteiger partial charge is 0.0682 e. The number of aliphatic hydroxyl groups is 1. The van der Waals surface area contributed by atoms with E-state index >= 15 is 0 Å². The summed E-state index contributed by atoms with van der Waals surface area (Å²) in [4.78, 5) is 0. The van der Waals surface area contributed by atoms with Crippen molar-refractivity contribution in [2.75, 3.05) is 6.61 Å². The van der Waals surface area contributed by atoms with Crippen LogP contribution >= 0.6 is 0 Å². The predicted molar refractivity (Wildman–Crippen MR) is 25.2 cm³/mol. The van der Waals surface area contributed by atoms with Gasteiger partial charge < -0.3 is 5.11 Å². The summed E-state index contributed by atoms with van der Waals surface area (Å²) in [6, 6.07) is 0. The topological polar surface area (TPSA) is 20.2 Å². The average Bonchev–Trinajstić information content (AvgIpc) is 1.61. The Hall–Kier alpha value is -0.300. The molecule has 0 spiro atoms. The SMILES string of the molecule is CC/C=[C]\CO. The van der Waals surface area contributed by atoms with Gasteiger partial charge in [0.1, 0.15) is 0 Å². The van der Waals surface area contributed by atoms with Crippen LogP contribution in [0.5, 0.6) is 0 Å². The maximum Gasteiger partial charge on any atom is 0.0682 e. The summed E-state index contributed by atoms with van der Waals surface area (Å²) in [5, 5.41) is 8.06. The molecule has 0 amide bonds. The van der Waals surface area contributed by atoms with Gasteiger partial charge in [0.25, 0.3) is 0 Å². The number of hydrogen-bond donors (Lipinski definition) is 1. The highest BCUT2D eigenvalue weighted by Crippen LogP contribution is 1.73. The van der Waals surface area contributed by atoms with Gasteiger partial charge in [-0.25, -0.2) is 0 Å². The van der Waals surface area contributed by atoms with Crippen molar-refractivity contribution in [3.8, 4) is 0 Å². The highest BCUT2D eigenvalue weighted by molar-refractivity contribution is 4.69. The Balaban J connectivity index is 2.73. The van der Waals surface area contributed by atoms with Gasteiger partial charge in [-0.05, 0) is 12.5 Å². The zero-order chi connectivity index (χ0) is 4.83. The zero-order valence-corrected chi connectivity index (χ0v) is 3.94. The van der Waals surface area contributed by atoms with Gasteiger partial charge in [-0.1, -0.05) is 13.0 Å². The Bertz CT molecular complexity index is 33.2. The lowest BCUT2D eigenvalue weighted by molar-refractivity contribution is 0.336. The first-order chi connectivity index (χ1) is 2.91. The van der Waals surface area contributed by atoms with E-state index in [9.17, 15) is 0 Å². The molecular formula is C5H9O. The summed E-state index contributed by atoms with van der Waals surface area (Å²) < 4.78 is 0. The first-order valence-corrected chi connectivity index (χ1v) is 2.07. The molecule has 0 fully saturated rings. The molecule has 0 rings (SSSR count). The number of allylic oxidation sites excluding steroid dienone is 1. The molecule has 35 valence electrons. The van der Waals surface area contributed by atoms with Gasteiger partial charge in [-0.2, -0.15) is 0 Å². The fraction of sp³-hybridized carbons (Fsp3) is 0.600. The molecule has 0 saturated carbocycles. The minimum absolute atomic E-state index is 0.0494. The van der Waals surface area contributed by atoms with Crippen molar-refractivity contribution in [1.29, 1.82) is 0 Å². The molecule has 0 aliphatic rings. The Labute approximate surface area is 38.3 Å². The Morgan fingerprint density at radius 2 is 2.50 bits per heavy atom. The summed E-state index contributed by atoms with van der Waals surface area (Å²) in [6.45, 7) is 2.05. The van der Waals surface area contributed by atoms with E-state index in [4.69, 9.17) is 5.11 Å². The molecule has 0 aliphatic heterocycles. The van der Waals surface area contributed by atoms with E-state index in [1.54, 1.807) is 6.08 Å². The van der Waals surface area contributed by atoms with Gasteiger partial charge in [0.15, 0.2) is 0 Å². The minimum atomic E-state index is 0.0494. The van der Waals surface area contributed by atoms with E-state index < -0.39 is 0 Å². The molecule has 0 aromatic heterocycles. The second kappa shape index (κ2) is 4.70. The van der Waals surface area contributed by atoms with Crippen LogP contribution in [0.15, 0.2) is 6.08 Å². The van der Waals surface area contributed by atoms with Gasteiger partial charge in [0.2, 0.25) is 0 Å². The first kappa shape index (κ1) is 5.70. The van der Waals surface area contributed by atoms with Gasteiger partial charge in [0.05, 0.1) is 6.61 Å². The van der Waals surface area contributed by atoms with E-state index in [1.807, 2.05) is 6.92 Å². The van der Waals surface area contributed by atoms with Gasteiger partial charge in [-0.3, -0.25) is 0 Å². The zero-order valence-electron chi connectivity index (χ0n) is 3.94. The van der Waals surface area contributed by atoms with Crippen molar-refractivity contribution >= 4 is 0 Å². The van der Waals surface area contributed by atoms with E-state index in [0.717, 1.165) is 6.42 Å². The third-order valence-corrected chi connectivity index (χ3v) is 0.440. The summed E-state index contributed by atoms with van der Waals surface area (Å²) in [6.07, 6.45) is 5.39. The largest absolute Gasteiger partial charge is 0.392 e. The van der Waals surface area contributed by atoms with Gasteiger partial charge in [-0.15, -0.1) is 0 Å². The highest BCUT2D eigenvalue weighted by atomic mass is 16.2. The monoisotopic (exact) mass is 85.1 g/mol. The molecule has 1 N–H and O–H groups in total. The third-order valence-electron chi connectivity index (χ3n) is 0.440. The lowest BCUT2D eigenvalue weighted by Gasteiger charge is -1.71. The van der Waals surface area contributed by atoms with Gasteiger partial charge >= 0.3 is 0 Å². The number of hydrogen-bond acceptors (Lipinski definition) is 1. The van der Waals surface area contributed by atoms with E-state index in [0.29, 0.717) is 0 Å². The molecule has 0 aromatic carbocycles. The molecule has 0 aromatic rings. The molecule has 1 nitrogen and oxygen atoms in total. The van der Waals surface area contributed by atoms with Crippen LogP contribution in [0.25, 0.3) is 0 Å². The van der Waals surface area contributed by atoms with Crippen LogP contribution in [0, 0.1) is 6.08 Å². The molecular weight excluding hydrogens is 76.1 g/mol. The lowest BCUT2D eigenvalue weighted by Crippen LogP contribution is -1.69. The standard InChI is InChI=1S/C5H9O/c1-2-3-4-5-6/h3,6H,2,5H2,1H3.